The number of aliphatic imine (C=N–C) groups is 1. The fourth-order valence-corrected chi connectivity index (χ4v) is 4.34. The summed E-state index contributed by atoms with van der Waals surface area (Å²) in [6.45, 7) is 3.24. The fourth-order valence-electron chi connectivity index (χ4n) is 3.56. The van der Waals surface area contributed by atoms with E-state index in [4.69, 9.17) is 0 Å². The van der Waals surface area contributed by atoms with E-state index in [2.05, 4.69) is 44.1 Å². The van der Waals surface area contributed by atoms with Crippen LogP contribution in [-0.2, 0) is 0 Å². The number of allylic oxidation sites excluding steroid dienone is 1. The Bertz CT molecular complexity index is 542. The van der Waals surface area contributed by atoms with Gasteiger partial charge in [0.25, 0.3) is 0 Å². The molecule has 0 bridgehead atoms. The van der Waals surface area contributed by atoms with Crippen LogP contribution in [0.1, 0.15) is 44.9 Å². The van der Waals surface area contributed by atoms with E-state index < -0.39 is 0 Å². The molecule has 5 heteroatoms. The number of rotatable bonds is 5. The van der Waals surface area contributed by atoms with Crippen molar-refractivity contribution >= 4 is 22.3 Å². The summed E-state index contributed by atoms with van der Waals surface area (Å²) in [6.07, 6.45) is 11.2. The minimum Gasteiger partial charge on any atom is -0.363 e. The molecule has 4 nitrogen and oxygen atoms in total. The van der Waals surface area contributed by atoms with Crippen LogP contribution in [0.25, 0.3) is 0 Å². The second-order valence-electron chi connectivity index (χ2n) is 6.71. The van der Waals surface area contributed by atoms with Crippen molar-refractivity contribution in [3.05, 3.63) is 29.2 Å². The van der Waals surface area contributed by atoms with Gasteiger partial charge in [-0.2, -0.15) is 0 Å². The molecule has 1 aliphatic heterocycles. The Morgan fingerprint density at radius 3 is 2.88 bits per heavy atom. The summed E-state index contributed by atoms with van der Waals surface area (Å²) in [5, 5.41) is 10.7. The highest BCUT2D eigenvalue weighted by atomic mass is 32.1. The van der Waals surface area contributed by atoms with Gasteiger partial charge in [0.2, 0.25) is 0 Å². The first-order valence-electron chi connectivity index (χ1n) is 9.28. The van der Waals surface area contributed by atoms with Gasteiger partial charge < -0.3 is 15.5 Å². The third-order valence-electron chi connectivity index (χ3n) is 5.00. The van der Waals surface area contributed by atoms with Gasteiger partial charge in [-0.1, -0.05) is 11.6 Å². The summed E-state index contributed by atoms with van der Waals surface area (Å²) in [7, 11) is 1.87. The van der Waals surface area contributed by atoms with Gasteiger partial charge in [-0.25, -0.2) is 0 Å². The number of guanidine groups is 1. The largest absolute Gasteiger partial charge is 0.363 e. The lowest BCUT2D eigenvalue weighted by molar-refractivity contribution is 0.463. The van der Waals surface area contributed by atoms with Gasteiger partial charge >= 0.3 is 0 Å². The molecule has 1 aliphatic carbocycles. The SMILES string of the molecule is CN=C(NCCC1=CCCCC1)NC1CCN(c2cccs2)CC1. The zero-order chi connectivity index (χ0) is 16.6. The van der Waals surface area contributed by atoms with Gasteiger partial charge in [0, 0.05) is 32.7 Å². The highest BCUT2D eigenvalue weighted by Gasteiger charge is 2.20. The molecule has 1 aromatic rings. The first kappa shape index (κ1) is 17.3. The van der Waals surface area contributed by atoms with Crippen LogP contribution in [0.3, 0.4) is 0 Å². The summed E-state index contributed by atoms with van der Waals surface area (Å²) in [5.74, 6) is 0.959. The maximum atomic E-state index is 4.40. The Hall–Kier alpha value is -1.49. The number of hydrogen-bond donors (Lipinski definition) is 2. The Balaban J connectivity index is 1.37. The molecule has 0 spiro atoms. The third kappa shape index (κ3) is 5.00. The number of thiophene rings is 1. The van der Waals surface area contributed by atoms with Crippen molar-refractivity contribution in [3.8, 4) is 0 Å². The average molecular weight is 347 g/mol. The number of nitrogens with zero attached hydrogens (tertiary/aromatic N) is 2. The van der Waals surface area contributed by atoms with Crippen molar-refractivity contribution in [2.45, 2.75) is 51.0 Å². The fraction of sp³-hybridized carbons (Fsp3) is 0.632. The molecule has 1 saturated heterocycles. The number of nitrogens with one attached hydrogen (secondary N) is 2. The van der Waals surface area contributed by atoms with Crippen molar-refractivity contribution < 1.29 is 0 Å². The molecule has 0 amide bonds. The van der Waals surface area contributed by atoms with Crippen LogP contribution in [0.2, 0.25) is 0 Å². The molecule has 0 saturated carbocycles. The lowest BCUT2D eigenvalue weighted by Crippen LogP contribution is -2.48. The second kappa shape index (κ2) is 9.11. The molecule has 2 heterocycles. The highest BCUT2D eigenvalue weighted by molar-refractivity contribution is 7.14. The Kier molecular flexibility index (Phi) is 6.58. The highest BCUT2D eigenvalue weighted by Crippen LogP contribution is 2.24. The molecule has 0 atom stereocenters. The third-order valence-corrected chi connectivity index (χ3v) is 5.93. The van der Waals surface area contributed by atoms with E-state index in [-0.39, 0.29) is 0 Å². The maximum Gasteiger partial charge on any atom is 0.191 e. The Morgan fingerprint density at radius 2 is 2.21 bits per heavy atom. The van der Waals surface area contributed by atoms with Crippen molar-refractivity contribution in [1.82, 2.24) is 10.6 Å². The normalized spacial score (nSPS) is 20.0. The molecule has 0 radical (unpaired) electrons. The first-order valence-corrected chi connectivity index (χ1v) is 10.2. The van der Waals surface area contributed by atoms with Crippen LogP contribution in [-0.4, -0.2) is 38.7 Å². The van der Waals surface area contributed by atoms with Crippen LogP contribution in [0.5, 0.6) is 0 Å². The number of anilines is 1. The first-order chi connectivity index (χ1) is 11.8. The molecule has 1 aromatic heterocycles. The summed E-state index contributed by atoms with van der Waals surface area (Å²) in [5.41, 5.74) is 1.62. The predicted octanol–water partition coefficient (Wildman–Crippen LogP) is 3.77. The molecule has 1 fully saturated rings. The van der Waals surface area contributed by atoms with E-state index >= 15 is 0 Å². The summed E-state index contributed by atoms with van der Waals surface area (Å²) in [6, 6.07) is 4.89. The molecule has 132 valence electrons. The monoisotopic (exact) mass is 346 g/mol. The number of hydrogen-bond acceptors (Lipinski definition) is 3. The smallest absolute Gasteiger partial charge is 0.191 e. The molecule has 2 aliphatic rings. The van der Waals surface area contributed by atoms with Crippen molar-refractivity contribution in [2.75, 3.05) is 31.6 Å². The molecular weight excluding hydrogens is 316 g/mol. The van der Waals surface area contributed by atoms with Gasteiger partial charge in [0.1, 0.15) is 0 Å². The van der Waals surface area contributed by atoms with Crippen LogP contribution >= 0.6 is 11.3 Å². The van der Waals surface area contributed by atoms with Gasteiger partial charge in [0.15, 0.2) is 5.96 Å². The zero-order valence-corrected chi connectivity index (χ0v) is 15.6. The van der Waals surface area contributed by atoms with E-state index in [1.54, 1.807) is 5.57 Å². The lowest BCUT2D eigenvalue weighted by Gasteiger charge is -2.33. The van der Waals surface area contributed by atoms with Gasteiger partial charge in [-0.3, -0.25) is 4.99 Å². The van der Waals surface area contributed by atoms with E-state index in [1.807, 2.05) is 18.4 Å². The van der Waals surface area contributed by atoms with Crippen molar-refractivity contribution in [3.63, 3.8) is 0 Å². The number of piperidine rings is 1. The zero-order valence-electron chi connectivity index (χ0n) is 14.8. The standard InChI is InChI=1S/C19H30N4S/c1-20-19(21-12-9-16-6-3-2-4-7-16)22-17-10-13-23(14-11-17)18-8-5-15-24-18/h5-6,8,15,17H,2-4,7,9-14H2,1H3,(H2,20,21,22). The molecule has 0 aromatic carbocycles. The van der Waals surface area contributed by atoms with E-state index in [1.165, 1.54) is 43.5 Å². The van der Waals surface area contributed by atoms with Crippen molar-refractivity contribution in [2.24, 2.45) is 4.99 Å². The van der Waals surface area contributed by atoms with Crippen LogP contribution in [0.15, 0.2) is 34.2 Å². The topological polar surface area (TPSA) is 39.7 Å². The maximum absolute atomic E-state index is 4.40. The second-order valence-corrected chi connectivity index (χ2v) is 7.64. The van der Waals surface area contributed by atoms with Gasteiger partial charge in [-0.15, -0.1) is 11.3 Å². The summed E-state index contributed by atoms with van der Waals surface area (Å²) >= 11 is 1.84. The van der Waals surface area contributed by atoms with Crippen LogP contribution in [0.4, 0.5) is 5.00 Å². The van der Waals surface area contributed by atoms with Gasteiger partial charge in [-0.05, 0) is 62.5 Å². The van der Waals surface area contributed by atoms with E-state index in [9.17, 15) is 0 Å². The summed E-state index contributed by atoms with van der Waals surface area (Å²) in [4.78, 5) is 6.89. The molecule has 3 rings (SSSR count). The molecule has 2 N–H and O–H groups in total. The quantitative estimate of drug-likeness (QED) is 0.484. The molecule has 24 heavy (non-hydrogen) atoms. The average Bonchev–Trinajstić information content (AvgIpc) is 3.17. The van der Waals surface area contributed by atoms with Crippen molar-refractivity contribution in [1.29, 1.82) is 0 Å². The molecular formula is C19H30N4S. The molecule has 0 unspecified atom stereocenters. The minimum atomic E-state index is 0.529. The minimum absolute atomic E-state index is 0.529. The Labute approximate surface area is 150 Å². The van der Waals surface area contributed by atoms with Gasteiger partial charge in [0.05, 0.1) is 5.00 Å². The summed E-state index contributed by atoms with van der Waals surface area (Å²) < 4.78 is 0. The Morgan fingerprint density at radius 1 is 1.33 bits per heavy atom. The van der Waals surface area contributed by atoms with Crippen LogP contribution < -0.4 is 15.5 Å². The lowest BCUT2D eigenvalue weighted by atomic mass is 9.97. The van der Waals surface area contributed by atoms with E-state index in [0.717, 1.165) is 32.0 Å². The predicted molar refractivity (Wildman–Crippen MR) is 105 cm³/mol. The van der Waals surface area contributed by atoms with Crippen LogP contribution in [0, 0.1) is 0 Å². The van der Waals surface area contributed by atoms with E-state index in [0.29, 0.717) is 6.04 Å².